The Balaban J connectivity index is 2.96. The molecule has 0 amide bonds. The molecule has 0 aromatic rings. The number of aliphatic carboxylic acids is 1. The van der Waals surface area contributed by atoms with Crippen molar-refractivity contribution in [3.8, 4) is 0 Å². The van der Waals surface area contributed by atoms with Gasteiger partial charge in [-0.1, -0.05) is 6.92 Å². The molecule has 0 bridgehead atoms. The summed E-state index contributed by atoms with van der Waals surface area (Å²) in [6.45, 7) is 1.82. The molecule has 0 aliphatic heterocycles. The van der Waals surface area contributed by atoms with Crippen LogP contribution in [0.5, 0.6) is 0 Å². The monoisotopic (exact) mass is 202 g/mol. The third-order valence-electron chi connectivity index (χ3n) is 2.21. The van der Waals surface area contributed by atoms with E-state index in [-0.39, 0.29) is 0 Å². The van der Waals surface area contributed by atoms with Crippen LogP contribution in [-0.2, 0) is 15.6 Å². The van der Waals surface area contributed by atoms with E-state index in [0.29, 0.717) is 29.1 Å². The first-order chi connectivity index (χ1) is 6.16. The lowest BCUT2D eigenvalue weighted by Crippen LogP contribution is -2.13. The molecule has 0 saturated carbocycles. The minimum atomic E-state index is -1.07. The van der Waals surface area contributed by atoms with Crippen LogP contribution in [0.2, 0.25) is 0 Å². The molecule has 3 nitrogen and oxygen atoms in total. The fraction of sp³-hybridized carbons (Fsp3) is 0.667. The average molecular weight is 202 g/mol. The Kier molecular flexibility index (Phi) is 3.66. The summed E-state index contributed by atoms with van der Waals surface area (Å²) in [6, 6.07) is 0. The predicted molar refractivity (Wildman–Crippen MR) is 51.8 cm³/mol. The van der Waals surface area contributed by atoms with E-state index in [1.165, 1.54) is 0 Å². The van der Waals surface area contributed by atoms with E-state index in [4.69, 9.17) is 5.11 Å². The van der Waals surface area contributed by atoms with Crippen molar-refractivity contribution in [2.75, 3.05) is 5.75 Å². The van der Waals surface area contributed by atoms with Crippen LogP contribution in [0.4, 0.5) is 0 Å². The third-order valence-corrected chi connectivity index (χ3v) is 3.74. The van der Waals surface area contributed by atoms with Crippen molar-refractivity contribution in [2.45, 2.75) is 32.6 Å². The van der Waals surface area contributed by atoms with Crippen molar-refractivity contribution < 1.29 is 14.1 Å². The van der Waals surface area contributed by atoms with Gasteiger partial charge in [-0.15, -0.1) is 0 Å². The molecule has 1 unspecified atom stereocenters. The second-order valence-electron chi connectivity index (χ2n) is 3.05. The van der Waals surface area contributed by atoms with Crippen LogP contribution in [0.25, 0.3) is 0 Å². The Morgan fingerprint density at radius 2 is 2.08 bits per heavy atom. The predicted octanol–water partition coefficient (Wildman–Crippen LogP) is 1.67. The van der Waals surface area contributed by atoms with Gasteiger partial charge in [-0.05, 0) is 25.7 Å². The number of hydrogen-bond acceptors (Lipinski definition) is 2. The summed E-state index contributed by atoms with van der Waals surface area (Å²) in [5, 5.41) is 8.86. The van der Waals surface area contributed by atoms with Crippen LogP contribution in [-0.4, -0.2) is 21.0 Å². The van der Waals surface area contributed by atoms with E-state index in [1.807, 2.05) is 6.92 Å². The van der Waals surface area contributed by atoms with Crippen LogP contribution in [0.15, 0.2) is 10.5 Å². The first kappa shape index (κ1) is 10.4. The summed E-state index contributed by atoms with van der Waals surface area (Å²) in [4.78, 5) is 11.5. The van der Waals surface area contributed by atoms with E-state index < -0.39 is 16.8 Å². The molecule has 1 aliphatic rings. The fourth-order valence-corrected chi connectivity index (χ4v) is 2.71. The van der Waals surface area contributed by atoms with Crippen LogP contribution in [0, 0.1) is 0 Å². The normalized spacial score (nSPS) is 20.1. The smallest absolute Gasteiger partial charge is 0.332 e. The highest BCUT2D eigenvalue weighted by molar-refractivity contribution is 7.89. The van der Waals surface area contributed by atoms with Gasteiger partial charge in [0.15, 0.2) is 0 Å². The lowest BCUT2D eigenvalue weighted by atomic mass is 9.99. The Bertz CT molecular complexity index is 268. The molecular formula is C9H14O3S. The van der Waals surface area contributed by atoms with Crippen molar-refractivity contribution in [1.82, 2.24) is 0 Å². The molecule has 1 atom stereocenters. The minimum Gasteiger partial charge on any atom is -0.478 e. The first-order valence-electron chi connectivity index (χ1n) is 4.50. The molecule has 1 aliphatic carbocycles. The van der Waals surface area contributed by atoms with E-state index in [9.17, 15) is 9.00 Å². The number of hydrogen-bond donors (Lipinski definition) is 1. The Morgan fingerprint density at radius 3 is 2.62 bits per heavy atom. The van der Waals surface area contributed by atoms with Crippen molar-refractivity contribution in [2.24, 2.45) is 0 Å². The number of rotatable bonds is 3. The molecule has 74 valence electrons. The zero-order valence-electron chi connectivity index (χ0n) is 7.71. The van der Waals surface area contributed by atoms with Crippen LogP contribution < -0.4 is 0 Å². The van der Waals surface area contributed by atoms with Crippen molar-refractivity contribution in [3.63, 3.8) is 0 Å². The first-order valence-corrected chi connectivity index (χ1v) is 5.82. The molecule has 1 rings (SSSR count). The lowest BCUT2D eigenvalue weighted by molar-refractivity contribution is -0.132. The zero-order chi connectivity index (χ0) is 9.84. The molecule has 0 radical (unpaired) electrons. The number of carboxylic acids is 1. The van der Waals surface area contributed by atoms with Gasteiger partial charge in [0.05, 0.1) is 0 Å². The summed E-state index contributed by atoms with van der Waals surface area (Å²) in [5.74, 6) is -0.372. The number of carbonyl (C=O) groups is 1. The molecule has 0 aromatic heterocycles. The summed E-state index contributed by atoms with van der Waals surface area (Å²) in [5.41, 5.74) is 0.395. The quantitative estimate of drug-likeness (QED) is 0.757. The van der Waals surface area contributed by atoms with Gasteiger partial charge in [0.1, 0.15) is 0 Å². The highest BCUT2D eigenvalue weighted by Gasteiger charge is 2.21. The maximum Gasteiger partial charge on any atom is 0.332 e. The van der Waals surface area contributed by atoms with Crippen LogP contribution >= 0.6 is 0 Å². The second kappa shape index (κ2) is 4.56. The van der Waals surface area contributed by atoms with E-state index >= 15 is 0 Å². The number of carboxylic acid groups (broad SMARTS) is 1. The molecule has 13 heavy (non-hydrogen) atoms. The molecule has 4 heteroatoms. The van der Waals surface area contributed by atoms with Gasteiger partial charge >= 0.3 is 5.97 Å². The van der Waals surface area contributed by atoms with Crippen LogP contribution in [0.1, 0.15) is 32.6 Å². The van der Waals surface area contributed by atoms with Crippen LogP contribution in [0.3, 0.4) is 0 Å². The van der Waals surface area contributed by atoms with Gasteiger partial charge in [-0.25, -0.2) is 4.79 Å². The second-order valence-corrected chi connectivity index (χ2v) is 4.81. The molecule has 1 N–H and O–H groups in total. The SMILES string of the molecule is CCS(=O)C1=C(C(=O)O)CCCC1. The molecule has 0 fully saturated rings. The fourth-order valence-electron chi connectivity index (χ4n) is 1.53. The molecule has 0 aromatic carbocycles. The summed E-state index contributed by atoms with van der Waals surface area (Å²) in [7, 11) is -1.07. The highest BCUT2D eigenvalue weighted by Crippen LogP contribution is 2.27. The van der Waals surface area contributed by atoms with Gasteiger partial charge in [0, 0.05) is 27.0 Å². The van der Waals surface area contributed by atoms with Crippen molar-refractivity contribution in [1.29, 1.82) is 0 Å². The lowest BCUT2D eigenvalue weighted by Gasteiger charge is -2.16. The molecular weight excluding hydrogens is 188 g/mol. The average Bonchev–Trinajstić information content (AvgIpc) is 2.16. The molecule has 0 heterocycles. The topological polar surface area (TPSA) is 54.4 Å². The van der Waals surface area contributed by atoms with Gasteiger partial charge in [0.2, 0.25) is 0 Å². The molecule has 0 saturated heterocycles. The zero-order valence-corrected chi connectivity index (χ0v) is 8.52. The Hall–Kier alpha value is -0.640. The van der Waals surface area contributed by atoms with E-state index in [1.54, 1.807) is 0 Å². The Morgan fingerprint density at radius 1 is 1.46 bits per heavy atom. The summed E-state index contributed by atoms with van der Waals surface area (Å²) in [6.07, 6.45) is 3.16. The van der Waals surface area contributed by atoms with Gasteiger partial charge in [0.25, 0.3) is 0 Å². The molecule has 0 spiro atoms. The maximum atomic E-state index is 11.5. The van der Waals surface area contributed by atoms with Gasteiger partial charge in [-0.3, -0.25) is 4.21 Å². The summed E-state index contributed by atoms with van der Waals surface area (Å²) >= 11 is 0. The number of allylic oxidation sites excluding steroid dienone is 1. The van der Waals surface area contributed by atoms with E-state index in [2.05, 4.69) is 0 Å². The van der Waals surface area contributed by atoms with Crippen molar-refractivity contribution >= 4 is 16.8 Å². The largest absolute Gasteiger partial charge is 0.478 e. The Labute approximate surface area is 80.3 Å². The van der Waals surface area contributed by atoms with E-state index in [0.717, 1.165) is 12.8 Å². The standard InChI is InChI=1S/C9H14O3S/c1-2-13(12)8-6-4-3-5-7(8)9(10)11/h2-6H2,1H3,(H,10,11). The van der Waals surface area contributed by atoms with Gasteiger partial charge < -0.3 is 5.11 Å². The van der Waals surface area contributed by atoms with Crippen molar-refractivity contribution in [3.05, 3.63) is 10.5 Å². The maximum absolute atomic E-state index is 11.5. The van der Waals surface area contributed by atoms with Gasteiger partial charge in [-0.2, -0.15) is 0 Å². The highest BCUT2D eigenvalue weighted by atomic mass is 32.2. The summed E-state index contributed by atoms with van der Waals surface area (Å²) < 4.78 is 11.5. The minimum absolute atomic E-state index is 0.395. The third kappa shape index (κ3) is 2.40.